The lowest BCUT2D eigenvalue weighted by atomic mass is 9.82. The van der Waals surface area contributed by atoms with Crippen molar-refractivity contribution < 1.29 is 19.2 Å². The van der Waals surface area contributed by atoms with E-state index in [-0.39, 0.29) is 29.3 Å². The number of nitro benzene ring substituents is 1. The molecule has 0 radical (unpaired) electrons. The topological polar surface area (TPSA) is 134 Å². The van der Waals surface area contributed by atoms with Gasteiger partial charge in [-0.05, 0) is 18.6 Å². The standard InChI is InChI=1S/C25H22N4O5S/c1-3-13-34-25(31)22-16(2)27-24(18(14-26)23(22)17-9-5-4-6-10-17)35-15-21(30)28-19-11-7-8-12-20(19)29(32)33/h3-12,23,27H,1,13,15H2,2H3,(H,28,30)/t23-/m0/s1. The van der Waals surface area contributed by atoms with Crippen LogP contribution in [0.5, 0.6) is 0 Å². The van der Waals surface area contributed by atoms with Crippen LogP contribution in [0.25, 0.3) is 0 Å². The zero-order valence-electron chi connectivity index (χ0n) is 18.8. The Labute approximate surface area is 206 Å². The van der Waals surface area contributed by atoms with Crippen molar-refractivity contribution in [2.45, 2.75) is 12.8 Å². The molecule has 2 aromatic carbocycles. The van der Waals surface area contributed by atoms with E-state index in [4.69, 9.17) is 4.74 Å². The van der Waals surface area contributed by atoms with E-state index < -0.39 is 22.7 Å². The number of para-hydroxylation sites is 2. The number of nitrogens with one attached hydrogen (secondary N) is 2. The molecular formula is C25H22N4O5S. The first-order valence-electron chi connectivity index (χ1n) is 10.5. The molecule has 1 heterocycles. The summed E-state index contributed by atoms with van der Waals surface area (Å²) in [5.41, 5.74) is 1.63. The highest BCUT2D eigenvalue weighted by Gasteiger charge is 2.35. The lowest BCUT2D eigenvalue weighted by Gasteiger charge is -2.29. The molecule has 1 amide bonds. The van der Waals surface area contributed by atoms with Crippen molar-refractivity contribution >= 4 is 35.0 Å². The molecule has 0 aliphatic carbocycles. The fraction of sp³-hybridized carbons (Fsp3) is 0.160. The number of anilines is 1. The molecule has 0 bridgehead atoms. The maximum Gasteiger partial charge on any atom is 0.337 e. The van der Waals surface area contributed by atoms with E-state index in [1.165, 1.54) is 24.3 Å². The number of allylic oxidation sites excluding steroid dienone is 2. The van der Waals surface area contributed by atoms with Gasteiger partial charge < -0.3 is 15.4 Å². The summed E-state index contributed by atoms with van der Waals surface area (Å²) in [5.74, 6) is -1.87. The van der Waals surface area contributed by atoms with Gasteiger partial charge in [0.25, 0.3) is 5.69 Å². The zero-order valence-corrected chi connectivity index (χ0v) is 19.6. The Bertz CT molecular complexity index is 1260. The second kappa shape index (κ2) is 11.7. The number of benzene rings is 2. The molecule has 178 valence electrons. The molecule has 0 spiro atoms. The summed E-state index contributed by atoms with van der Waals surface area (Å²) >= 11 is 1.07. The van der Waals surface area contributed by atoms with E-state index in [0.717, 1.165) is 17.3 Å². The number of nitrogens with zero attached hydrogens (tertiary/aromatic N) is 2. The lowest BCUT2D eigenvalue weighted by molar-refractivity contribution is -0.383. The van der Waals surface area contributed by atoms with Crippen molar-refractivity contribution in [3.63, 3.8) is 0 Å². The van der Waals surface area contributed by atoms with Gasteiger partial charge in [0.15, 0.2) is 0 Å². The zero-order chi connectivity index (χ0) is 25.4. The van der Waals surface area contributed by atoms with E-state index in [9.17, 15) is 25.0 Å². The van der Waals surface area contributed by atoms with Crippen LogP contribution in [-0.4, -0.2) is 29.2 Å². The maximum atomic E-state index is 12.8. The molecule has 1 aliphatic rings. The van der Waals surface area contributed by atoms with E-state index >= 15 is 0 Å². The number of dihydropyridines is 1. The predicted octanol–water partition coefficient (Wildman–Crippen LogP) is 4.39. The number of ether oxygens (including phenoxy) is 1. The van der Waals surface area contributed by atoms with Gasteiger partial charge in [-0.1, -0.05) is 66.9 Å². The van der Waals surface area contributed by atoms with Crippen molar-refractivity contribution in [1.82, 2.24) is 5.32 Å². The SMILES string of the molecule is C=CCOC(=O)C1=C(C)NC(SCC(=O)Nc2ccccc2[N+](=O)[O-])=C(C#N)[C@@H]1c1ccccc1. The molecule has 9 nitrogen and oxygen atoms in total. The minimum absolute atomic E-state index is 0.0239. The van der Waals surface area contributed by atoms with Crippen LogP contribution in [0.4, 0.5) is 11.4 Å². The van der Waals surface area contributed by atoms with Crippen LogP contribution in [-0.2, 0) is 14.3 Å². The molecule has 0 saturated heterocycles. The number of esters is 1. The normalized spacial score (nSPS) is 15.0. The summed E-state index contributed by atoms with van der Waals surface area (Å²) < 4.78 is 5.26. The fourth-order valence-corrected chi connectivity index (χ4v) is 4.44. The largest absolute Gasteiger partial charge is 0.458 e. The van der Waals surface area contributed by atoms with Crippen LogP contribution in [0.2, 0.25) is 0 Å². The van der Waals surface area contributed by atoms with E-state index in [0.29, 0.717) is 16.3 Å². The van der Waals surface area contributed by atoms with Crippen molar-refractivity contribution in [1.29, 1.82) is 5.26 Å². The van der Waals surface area contributed by atoms with Gasteiger partial charge >= 0.3 is 5.97 Å². The van der Waals surface area contributed by atoms with Crippen LogP contribution in [0.15, 0.2) is 89.1 Å². The number of hydrogen-bond acceptors (Lipinski definition) is 8. The lowest BCUT2D eigenvalue weighted by Crippen LogP contribution is -2.29. The number of carbonyl (C=O) groups excluding carboxylic acids is 2. The van der Waals surface area contributed by atoms with Gasteiger partial charge in [-0.25, -0.2) is 4.79 Å². The minimum Gasteiger partial charge on any atom is -0.458 e. The molecule has 0 aromatic heterocycles. The highest BCUT2D eigenvalue weighted by molar-refractivity contribution is 8.03. The summed E-state index contributed by atoms with van der Waals surface area (Å²) in [6.07, 6.45) is 1.46. The van der Waals surface area contributed by atoms with Gasteiger partial charge in [0.2, 0.25) is 5.91 Å². The summed E-state index contributed by atoms with van der Waals surface area (Å²) in [5, 5.41) is 27.2. The van der Waals surface area contributed by atoms with Gasteiger partial charge in [-0.2, -0.15) is 5.26 Å². The van der Waals surface area contributed by atoms with Gasteiger partial charge in [-0.15, -0.1) is 0 Å². The summed E-state index contributed by atoms with van der Waals surface area (Å²) in [6.45, 7) is 5.27. The van der Waals surface area contributed by atoms with Crippen molar-refractivity contribution in [2.75, 3.05) is 17.7 Å². The monoisotopic (exact) mass is 490 g/mol. The first kappa shape index (κ1) is 25.3. The molecule has 1 atom stereocenters. The molecular weight excluding hydrogens is 468 g/mol. The minimum atomic E-state index is -0.694. The van der Waals surface area contributed by atoms with Gasteiger partial charge in [-0.3, -0.25) is 14.9 Å². The van der Waals surface area contributed by atoms with Crippen molar-refractivity contribution in [2.24, 2.45) is 0 Å². The number of thioether (sulfide) groups is 1. The molecule has 2 N–H and O–H groups in total. The van der Waals surface area contributed by atoms with Crippen molar-refractivity contribution in [3.05, 3.63) is 105 Å². The van der Waals surface area contributed by atoms with Crippen molar-refractivity contribution in [3.8, 4) is 6.07 Å². The smallest absolute Gasteiger partial charge is 0.337 e. The molecule has 2 aromatic rings. The summed E-state index contributed by atoms with van der Waals surface area (Å²) in [6, 6.07) is 17.1. The number of nitro groups is 1. The average Bonchev–Trinajstić information content (AvgIpc) is 2.86. The Balaban J connectivity index is 1.88. The van der Waals surface area contributed by atoms with Crippen LogP contribution < -0.4 is 10.6 Å². The quantitative estimate of drug-likeness (QED) is 0.229. The fourth-order valence-electron chi connectivity index (χ4n) is 3.55. The Morgan fingerprint density at radius 1 is 1.26 bits per heavy atom. The van der Waals surface area contributed by atoms with Crippen LogP contribution >= 0.6 is 11.8 Å². The molecule has 0 fully saturated rings. The molecule has 3 rings (SSSR count). The Morgan fingerprint density at radius 2 is 1.94 bits per heavy atom. The van der Waals surface area contributed by atoms with E-state index in [1.807, 2.05) is 18.2 Å². The first-order chi connectivity index (χ1) is 16.9. The van der Waals surface area contributed by atoms with Crippen LogP contribution in [0.3, 0.4) is 0 Å². The third-order valence-electron chi connectivity index (χ3n) is 5.05. The highest BCUT2D eigenvalue weighted by atomic mass is 32.2. The van der Waals surface area contributed by atoms with Crippen LogP contribution in [0.1, 0.15) is 18.4 Å². The Kier molecular flexibility index (Phi) is 8.43. The average molecular weight is 491 g/mol. The number of nitriles is 1. The molecule has 1 aliphatic heterocycles. The predicted molar refractivity (Wildman–Crippen MR) is 133 cm³/mol. The molecule has 0 saturated carbocycles. The van der Waals surface area contributed by atoms with E-state index in [2.05, 4.69) is 23.3 Å². The third-order valence-corrected chi connectivity index (χ3v) is 6.07. The summed E-state index contributed by atoms with van der Waals surface area (Å²) in [7, 11) is 0. The molecule has 10 heteroatoms. The number of hydrogen-bond donors (Lipinski definition) is 2. The second-order valence-electron chi connectivity index (χ2n) is 7.36. The number of amides is 1. The Hall–Kier alpha value is -4.36. The van der Waals surface area contributed by atoms with Crippen LogP contribution in [0, 0.1) is 21.4 Å². The second-order valence-corrected chi connectivity index (χ2v) is 8.35. The molecule has 0 unspecified atom stereocenters. The maximum absolute atomic E-state index is 12.8. The number of rotatable bonds is 9. The summed E-state index contributed by atoms with van der Waals surface area (Å²) in [4.78, 5) is 36.0. The first-order valence-corrected chi connectivity index (χ1v) is 11.5. The van der Waals surface area contributed by atoms with E-state index in [1.54, 1.807) is 25.1 Å². The van der Waals surface area contributed by atoms with Gasteiger partial charge in [0, 0.05) is 11.8 Å². The van der Waals surface area contributed by atoms with Gasteiger partial charge in [0.05, 0.1) is 38.8 Å². The Morgan fingerprint density at radius 3 is 2.60 bits per heavy atom. The number of carbonyl (C=O) groups is 2. The third kappa shape index (κ3) is 5.96. The van der Waals surface area contributed by atoms with Gasteiger partial charge in [0.1, 0.15) is 12.3 Å². The molecule has 35 heavy (non-hydrogen) atoms. The highest BCUT2D eigenvalue weighted by Crippen LogP contribution is 2.41.